The first-order valence-corrected chi connectivity index (χ1v) is 7.40. The van der Waals surface area contributed by atoms with Crippen LogP contribution in [0, 0.1) is 11.3 Å². The van der Waals surface area contributed by atoms with Crippen molar-refractivity contribution in [3.05, 3.63) is 29.8 Å². The highest BCUT2D eigenvalue weighted by molar-refractivity contribution is 5.48. The molecule has 1 atom stereocenters. The van der Waals surface area contributed by atoms with Gasteiger partial charge in [0.1, 0.15) is 0 Å². The summed E-state index contributed by atoms with van der Waals surface area (Å²) in [5.41, 5.74) is 2.93. The van der Waals surface area contributed by atoms with Crippen molar-refractivity contribution in [1.29, 1.82) is 0 Å². The number of aliphatic hydroxyl groups excluding tert-OH is 1. The van der Waals surface area contributed by atoms with Gasteiger partial charge in [-0.3, -0.25) is 0 Å². The van der Waals surface area contributed by atoms with E-state index < -0.39 is 0 Å². The number of piperidine rings is 1. The number of rotatable bonds is 3. The van der Waals surface area contributed by atoms with Crippen molar-refractivity contribution in [2.75, 3.05) is 24.6 Å². The van der Waals surface area contributed by atoms with Crippen LogP contribution in [0.2, 0.25) is 0 Å². The molecule has 0 aliphatic carbocycles. The first kappa shape index (κ1) is 14.4. The fraction of sp³-hybridized carbons (Fsp3) is 0.647. The molecule has 1 saturated heterocycles. The molecular formula is C17H27NO. The van der Waals surface area contributed by atoms with Gasteiger partial charge in [0.25, 0.3) is 0 Å². The zero-order valence-electron chi connectivity index (χ0n) is 12.7. The Hall–Kier alpha value is -1.02. The van der Waals surface area contributed by atoms with E-state index in [1.165, 1.54) is 11.3 Å². The van der Waals surface area contributed by atoms with Crippen LogP contribution in [0.25, 0.3) is 0 Å². The molecule has 2 nitrogen and oxygen atoms in total. The summed E-state index contributed by atoms with van der Waals surface area (Å²) in [4.78, 5) is 2.41. The molecule has 1 heterocycles. The first-order valence-electron chi connectivity index (χ1n) is 7.40. The van der Waals surface area contributed by atoms with Crippen LogP contribution in [0.3, 0.4) is 0 Å². The molecular weight excluding hydrogens is 234 g/mol. The topological polar surface area (TPSA) is 23.5 Å². The Balaban J connectivity index is 2.10. The third-order valence-corrected chi connectivity index (χ3v) is 4.72. The van der Waals surface area contributed by atoms with Crippen LogP contribution in [-0.4, -0.2) is 24.8 Å². The maximum absolute atomic E-state index is 9.58. The number of benzene rings is 1. The maximum Gasteiger partial charge on any atom is 0.0481 e. The second-order valence-corrected chi connectivity index (χ2v) is 6.81. The average Bonchev–Trinajstić information content (AvgIpc) is 2.38. The van der Waals surface area contributed by atoms with E-state index in [9.17, 15) is 5.11 Å². The molecule has 2 rings (SSSR count). The lowest BCUT2D eigenvalue weighted by molar-refractivity contribution is 0.0967. The smallest absolute Gasteiger partial charge is 0.0481 e. The highest BCUT2D eigenvalue weighted by Gasteiger charge is 2.34. The summed E-state index contributed by atoms with van der Waals surface area (Å²) >= 11 is 0. The Labute approximate surface area is 117 Å². The molecule has 106 valence electrons. The van der Waals surface area contributed by atoms with Crippen LogP contribution in [0.4, 0.5) is 5.69 Å². The molecule has 0 saturated carbocycles. The Morgan fingerprint density at radius 3 is 2.42 bits per heavy atom. The molecule has 1 aromatic rings. The molecule has 1 N–H and O–H groups in total. The van der Waals surface area contributed by atoms with Crippen LogP contribution in [0.5, 0.6) is 0 Å². The van der Waals surface area contributed by atoms with E-state index in [-0.39, 0.29) is 12.0 Å². The van der Waals surface area contributed by atoms with Gasteiger partial charge < -0.3 is 10.0 Å². The van der Waals surface area contributed by atoms with Gasteiger partial charge >= 0.3 is 0 Å². The fourth-order valence-corrected chi connectivity index (χ4v) is 2.84. The second kappa shape index (κ2) is 5.54. The average molecular weight is 261 g/mol. The van der Waals surface area contributed by atoms with Gasteiger partial charge in [0.15, 0.2) is 0 Å². The molecule has 0 radical (unpaired) electrons. The minimum atomic E-state index is 0.253. The van der Waals surface area contributed by atoms with E-state index in [1.807, 2.05) is 0 Å². The number of anilines is 1. The fourth-order valence-electron chi connectivity index (χ4n) is 2.84. The summed E-state index contributed by atoms with van der Waals surface area (Å²) in [5, 5.41) is 9.58. The molecule has 19 heavy (non-hydrogen) atoms. The molecule has 0 amide bonds. The molecule has 0 bridgehead atoms. The molecule has 0 aromatic heterocycles. The van der Waals surface area contributed by atoms with Crippen molar-refractivity contribution >= 4 is 5.69 Å². The Bertz CT molecular complexity index is 408. The highest BCUT2D eigenvalue weighted by atomic mass is 16.3. The van der Waals surface area contributed by atoms with Crippen molar-refractivity contribution in [1.82, 2.24) is 0 Å². The number of nitrogens with zero attached hydrogens (tertiary/aromatic N) is 1. The summed E-state index contributed by atoms with van der Waals surface area (Å²) in [6, 6.07) is 8.91. The van der Waals surface area contributed by atoms with Gasteiger partial charge in [-0.15, -0.1) is 0 Å². The number of aliphatic hydroxyl groups is 1. The van der Waals surface area contributed by atoms with Crippen molar-refractivity contribution in [2.45, 2.75) is 40.0 Å². The Morgan fingerprint density at radius 2 is 1.89 bits per heavy atom. The zero-order chi connectivity index (χ0) is 14.0. The zero-order valence-corrected chi connectivity index (χ0v) is 12.7. The van der Waals surface area contributed by atoms with Gasteiger partial charge in [-0.05, 0) is 35.4 Å². The minimum Gasteiger partial charge on any atom is -0.396 e. The molecule has 1 aromatic carbocycles. The van der Waals surface area contributed by atoms with Gasteiger partial charge in [0, 0.05) is 31.3 Å². The summed E-state index contributed by atoms with van der Waals surface area (Å²) in [5.74, 6) is 0.950. The van der Waals surface area contributed by atoms with E-state index in [2.05, 4.69) is 56.9 Å². The monoisotopic (exact) mass is 261 g/mol. The molecule has 1 unspecified atom stereocenters. The standard InChI is InChI=1S/C17H27NO/c1-13(2)14-5-7-16(8-6-14)18-10-9-17(3,4)15(11-18)12-19/h5-8,13,15,19H,9-12H2,1-4H3. The maximum atomic E-state index is 9.58. The van der Waals surface area contributed by atoms with E-state index >= 15 is 0 Å². The summed E-state index contributed by atoms with van der Waals surface area (Å²) < 4.78 is 0. The van der Waals surface area contributed by atoms with E-state index in [1.54, 1.807) is 0 Å². The highest BCUT2D eigenvalue weighted by Crippen LogP contribution is 2.37. The van der Waals surface area contributed by atoms with Crippen LogP contribution in [0.15, 0.2) is 24.3 Å². The van der Waals surface area contributed by atoms with Crippen LogP contribution in [-0.2, 0) is 0 Å². The van der Waals surface area contributed by atoms with Crippen LogP contribution >= 0.6 is 0 Å². The van der Waals surface area contributed by atoms with Crippen molar-refractivity contribution in [3.63, 3.8) is 0 Å². The molecule has 0 spiro atoms. The minimum absolute atomic E-state index is 0.253. The quantitative estimate of drug-likeness (QED) is 0.897. The van der Waals surface area contributed by atoms with Gasteiger partial charge in [-0.1, -0.05) is 39.8 Å². The molecule has 2 heteroatoms. The molecule has 1 fully saturated rings. The Kier molecular flexibility index (Phi) is 4.19. The van der Waals surface area contributed by atoms with Crippen LogP contribution in [0.1, 0.15) is 45.6 Å². The van der Waals surface area contributed by atoms with Crippen molar-refractivity contribution in [3.8, 4) is 0 Å². The third-order valence-electron chi connectivity index (χ3n) is 4.72. The van der Waals surface area contributed by atoms with Crippen molar-refractivity contribution < 1.29 is 5.11 Å². The predicted octanol–water partition coefficient (Wildman–Crippen LogP) is 3.65. The molecule has 1 aliphatic rings. The lowest BCUT2D eigenvalue weighted by Gasteiger charge is -2.44. The van der Waals surface area contributed by atoms with Gasteiger partial charge in [0.2, 0.25) is 0 Å². The third kappa shape index (κ3) is 3.11. The summed E-state index contributed by atoms with van der Waals surface area (Å²) in [6.45, 7) is 11.3. The second-order valence-electron chi connectivity index (χ2n) is 6.81. The van der Waals surface area contributed by atoms with E-state index in [0.717, 1.165) is 19.5 Å². The lowest BCUT2D eigenvalue weighted by atomic mass is 9.73. The number of hydrogen-bond acceptors (Lipinski definition) is 2. The predicted molar refractivity (Wildman–Crippen MR) is 81.7 cm³/mol. The molecule has 1 aliphatic heterocycles. The van der Waals surface area contributed by atoms with E-state index in [4.69, 9.17) is 0 Å². The van der Waals surface area contributed by atoms with Gasteiger partial charge in [-0.25, -0.2) is 0 Å². The SMILES string of the molecule is CC(C)c1ccc(N2CCC(C)(C)C(CO)C2)cc1. The van der Waals surface area contributed by atoms with Crippen molar-refractivity contribution in [2.24, 2.45) is 11.3 Å². The normalized spacial score (nSPS) is 22.8. The summed E-state index contributed by atoms with van der Waals surface area (Å²) in [6.07, 6.45) is 1.14. The van der Waals surface area contributed by atoms with Crippen LogP contribution < -0.4 is 4.90 Å². The lowest BCUT2D eigenvalue weighted by Crippen LogP contribution is -2.46. The Morgan fingerprint density at radius 1 is 1.26 bits per heavy atom. The van der Waals surface area contributed by atoms with E-state index in [0.29, 0.717) is 11.8 Å². The number of hydrogen-bond donors (Lipinski definition) is 1. The first-order chi connectivity index (χ1) is 8.94. The van der Waals surface area contributed by atoms with Gasteiger partial charge in [0.05, 0.1) is 0 Å². The summed E-state index contributed by atoms with van der Waals surface area (Å²) in [7, 11) is 0. The largest absolute Gasteiger partial charge is 0.396 e. The van der Waals surface area contributed by atoms with Gasteiger partial charge in [-0.2, -0.15) is 0 Å².